The number of imidazole rings is 1. The van der Waals surface area contributed by atoms with Gasteiger partial charge in [-0.1, -0.05) is 37.1 Å². The standard InChI is InChI=1S/C40H42N8O5/c1-3-53-31-21-19-28(20-22-31)37-44-36(35-38(46-37)48(40(51)45-35)32-16-7-8-17-33(32)52-2)39(50)43-25-11-5-4-6-18-34(49)47(26-29-14-9-12-23-41-29)27-30-15-10-13-24-42-30/h7-10,12-17,19-24H,3-6,11,18,25-27H2,1-2H3,(H,43,50)(H,45,51). The second-order valence-electron chi connectivity index (χ2n) is 12.3. The van der Waals surface area contributed by atoms with Crippen LogP contribution < -0.4 is 20.5 Å². The first-order chi connectivity index (χ1) is 25.9. The smallest absolute Gasteiger partial charge is 0.332 e. The average Bonchev–Trinajstić information content (AvgIpc) is 3.53. The molecule has 2 amide bonds. The summed E-state index contributed by atoms with van der Waals surface area (Å²) in [5.41, 5.74) is 2.80. The minimum atomic E-state index is -0.482. The van der Waals surface area contributed by atoms with Crippen LogP contribution in [0.5, 0.6) is 11.5 Å². The Morgan fingerprint density at radius 3 is 2.17 bits per heavy atom. The number of unbranched alkanes of at least 4 members (excludes halogenated alkanes) is 3. The summed E-state index contributed by atoms with van der Waals surface area (Å²) in [6, 6.07) is 25.7. The summed E-state index contributed by atoms with van der Waals surface area (Å²) in [5.74, 6) is 1.04. The molecule has 6 rings (SSSR count). The topological polar surface area (TPSA) is 157 Å². The lowest BCUT2D eigenvalue weighted by atomic mass is 10.1. The molecular weight excluding hydrogens is 672 g/mol. The molecule has 0 unspecified atom stereocenters. The van der Waals surface area contributed by atoms with Crippen molar-refractivity contribution in [1.82, 2.24) is 39.7 Å². The summed E-state index contributed by atoms with van der Waals surface area (Å²) in [4.78, 5) is 63.1. The Morgan fingerprint density at radius 1 is 0.830 bits per heavy atom. The third-order valence-corrected chi connectivity index (χ3v) is 8.62. The maximum atomic E-state index is 13.7. The fraction of sp³-hybridized carbons (Fsp3) is 0.275. The van der Waals surface area contributed by atoms with Gasteiger partial charge in [0, 0.05) is 30.9 Å². The lowest BCUT2D eigenvalue weighted by molar-refractivity contribution is -0.132. The summed E-state index contributed by atoms with van der Waals surface area (Å²) in [6.07, 6.45) is 6.89. The van der Waals surface area contributed by atoms with Gasteiger partial charge >= 0.3 is 5.69 Å². The number of carbonyl (C=O) groups excluding carboxylic acids is 2. The summed E-state index contributed by atoms with van der Waals surface area (Å²) < 4.78 is 12.5. The summed E-state index contributed by atoms with van der Waals surface area (Å²) in [5, 5.41) is 2.96. The number of para-hydroxylation sites is 2. The average molecular weight is 715 g/mol. The normalized spacial score (nSPS) is 11.0. The molecule has 6 aromatic rings. The zero-order valence-electron chi connectivity index (χ0n) is 29.8. The second-order valence-corrected chi connectivity index (χ2v) is 12.3. The molecule has 53 heavy (non-hydrogen) atoms. The highest BCUT2D eigenvalue weighted by Gasteiger charge is 2.23. The third-order valence-electron chi connectivity index (χ3n) is 8.62. The van der Waals surface area contributed by atoms with E-state index in [4.69, 9.17) is 14.5 Å². The summed E-state index contributed by atoms with van der Waals surface area (Å²) >= 11 is 0. The van der Waals surface area contributed by atoms with Crippen LogP contribution in [0.2, 0.25) is 0 Å². The van der Waals surface area contributed by atoms with E-state index in [1.54, 1.807) is 41.6 Å². The van der Waals surface area contributed by atoms with Gasteiger partial charge < -0.3 is 24.7 Å². The number of aromatic nitrogens is 6. The van der Waals surface area contributed by atoms with Gasteiger partial charge in [-0.2, -0.15) is 0 Å². The van der Waals surface area contributed by atoms with Gasteiger partial charge in [0.05, 0.1) is 43.9 Å². The Kier molecular flexibility index (Phi) is 12.2. The van der Waals surface area contributed by atoms with Crippen molar-refractivity contribution in [1.29, 1.82) is 0 Å². The Balaban J connectivity index is 1.11. The van der Waals surface area contributed by atoms with Crippen LogP contribution in [0.15, 0.2) is 102 Å². The number of aromatic amines is 1. The monoisotopic (exact) mass is 714 g/mol. The van der Waals surface area contributed by atoms with Crippen molar-refractivity contribution in [3.05, 3.63) is 125 Å². The van der Waals surface area contributed by atoms with Gasteiger partial charge in [-0.05, 0) is 80.4 Å². The van der Waals surface area contributed by atoms with Crippen LogP contribution in [-0.4, -0.2) is 66.5 Å². The number of hydrogen-bond donors (Lipinski definition) is 2. The third kappa shape index (κ3) is 9.11. The molecule has 13 heteroatoms. The second kappa shape index (κ2) is 17.7. The molecule has 0 fully saturated rings. The zero-order valence-corrected chi connectivity index (χ0v) is 29.8. The number of methoxy groups -OCH3 is 1. The molecule has 2 aromatic carbocycles. The van der Waals surface area contributed by atoms with Gasteiger partial charge in [-0.25, -0.2) is 19.3 Å². The highest BCUT2D eigenvalue weighted by Crippen LogP contribution is 2.27. The molecule has 0 saturated heterocycles. The van der Waals surface area contributed by atoms with Gasteiger partial charge in [0.25, 0.3) is 5.91 Å². The molecule has 0 saturated carbocycles. The quantitative estimate of drug-likeness (QED) is 0.110. The van der Waals surface area contributed by atoms with Crippen molar-refractivity contribution in [2.45, 2.75) is 52.1 Å². The number of H-pyrrole nitrogens is 1. The van der Waals surface area contributed by atoms with Crippen molar-refractivity contribution < 1.29 is 19.1 Å². The van der Waals surface area contributed by atoms with E-state index in [9.17, 15) is 14.4 Å². The molecule has 0 aliphatic rings. The van der Waals surface area contributed by atoms with Gasteiger partial charge in [-0.3, -0.25) is 19.6 Å². The molecule has 0 spiro atoms. The Bertz CT molecular complexity index is 2150. The molecular formula is C40H42N8O5. The molecule has 2 N–H and O–H groups in total. The molecule has 13 nitrogen and oxygen atoms in total. The number of nitrogens with zero attached hydrogens (tertiary/aromatic N) is 6. The lowest BCUT2D eigenvalue weighted by Gasteiger charge is -2.22. The number of nitrogens with one attached hydrogen (secondary N) is 2. The molecule has 0 bridgehead atoms. The molecule has 4 aromatic heterocycles. The van der Waals surface area contributed by atoms with Crippen LogP contribution >= 0.6 is 0 Å². The first kappa shape index (κ1) is 36.4. The molecule has 0 radical (unpaired) electrons. The van der Waals surface area contributed by atoms with Crippen LogP contribution in [0.1, 0.15) is 60.9 Å². The molecule has 0 atom stereocenters. The number of pyridine rings is 2. The Labute approximate surface area is 307 Å². The number of benzene rings is 2. The van der Waals surface area contributed by atoms with E-state index in [0.29, 0.717) is 68.3 Å². The van der Waals surface area contributed by atoms with Crippen molar-refractivity contribution in [3.63, 3.8) is 0 Å². The Morgan fingerprint density at radius 2 is 1.51 bits per heavy atom. The number of amides is 2. The van der Waals surface area contributed by atoms with Crippen molar-refractivity contribution in [3.8, 4) is 28.6 Å². The van der Waals surface area contributed by atoms with Gasteiger partial charge in [-0.15, -0.1) is 0 Å². The predicted molar refractivity (Wildman–Crippen MR) is 201 cm³/mol. The molecule has 4 heterocycles. The minimum Gasteiger partial charge on any atom is -0.495 e. The van der Waals surface area contributed by atoms with Crippen LogP contribution in [-0.2, 0) is 17.9 Å². The predicted octanol–water partition coefficient (Wildman–Crippen LogP) is 5.88. The van der Waals surface area contributed by atoms with Crippen molar-refractivity contribution in [2.24, 2.45) is 0 Å². The first-order valence-electron chi connectivity index (χ1n) is 17.7. The maximum Gasteiger partial charge on any atom is 0.332 e. The van der Waals surface area contributed by atoms with E-state index >= 15 is 0 Å². The van der Waals surface area contributed by atoms with Crippen LogP contribution in [0, 0.1) is 0 Å². The highest BCUT2D eigenvalue weighted by molar-refractivity contribution is 6.03. The van der Waals surface area contributed by atoms with Crippen molar-refractivity contribution >= 4 is 23.0 Å². The van der Waals surface area contributed by atoms with Crippen LogP contribution in [0.3, 0.4) is 0 Å². The van der Waals surface area contributed by atoms with E-state index in [0.717, 1.165) is 24.2 Å². The summed E-state index contributed by atoms with van der Waals surface area (Å²) in [6.45, 7) is 3.64. The van der Waals surface area contributed by atoms with Crippen LogP contribution in [0.25, 0.3) is 28.2 Å². The maximum absolute atomic E-state index is 13.7. The van der Waals surface area contributed by atoms with Gasteiger partial charge in [0.1, 0.15) is 17.0 Å². The first-order valence-corrected chi connectivity index (χ1v) is 17.7. The molecule has 0 aliphatic heterocycles. The lowest BCUT2D eigenvalue weighted by Crippen LogP contribution is -2.30. The number of rotatable bonds is 17. The molecule has 272 valence electrons. The minimum absolute atomic E-state index is 0.0415. The Hall–Kier alpha value is -6.37. The van der Waals surface area contributed by atoms with E-state index < -0.39 is 11.6 Å². The SMILES string of the molecule is CCOc1ccc(-c2nc(C(=O)NCCCCCCC(=O)N(Cc3ccccn3)Cc3ccccn3)c3[nH]c(=O)n(-c4ccccc4OC)c3n2)cc1. The van der Waals surface area contributed by atoms with Gasteiger partial charge in [0.2, 0.25) is 5.91 Å². The number of hydrogen-bond acceptors (Lipinski definition) is 9. The fourth-order valence-electron chi connectivity index (χ4n) is 5.99. The zero-order chi connectivity index (χ0) is 37.0. The molecule has 0 aliphatic carbocycles. The fourth-order valence-corrected chi connectivity index (χ4v) is 5.99. The number of carbonyl (C=O) groups is 2. The van der Waals surface area contributed by atoms with E-state index in [2.05, 4.69) is 25.3 Å². The number of fused-ring (bicyclic) bond motifs is 1. The highest BCUT2D eigenvalue weighted by atomic mass is 16.5. The van der Waals surface area contributed by atoms with Crippen molar-refractivity contribution in [2.75, 3.05) is 20.3 Å². The summed E-state index contributed by atoms with van der Waals surface area (Å²) in [7, 11) is 1.53. The number of ether oxygens (including phenoxy) is 2. The van der Waals surface area contributed by atoms with Gasteiger partial charge in [0.15, 0.2) is 17.2 Å². The van der Waals surface area contributed by atoms with E-state index in [1.807, 2.05) is 67.6 Å². The van der Waals surface area contributed by atoms with Crippen LogP contribution in [0.4, 0.5) is 0 Å². The van der Waals surface area contributed by atoms with E-state index in [-0.39, 0.29) is 28.6 Å². The van der Waals surface area contributed by atoms with E-state index in [1.165, 1.54) is 11.7 Å². The largest absolute Gasteiger partial charge is 0.495 e.